The Morgan fingerprint density at radius 1 is 1.46 bits per heavy atom. The van der Waals surface area contributed by atoms with Gasteiger partial charge in [-0.15, -0.1) is 0 Å². The summed E-state index contributed by atoms with van der Waals surface area (Å²) in [6, 6.07) is 0. The molecule has 0 unspecified atom stereocenters. The molecule has 3 heteroatoms. The van der Waals surface area contributed by atoms with E-state index in [2.05, 4.69) is 28.8 Å². The fourth-order valence-electron chi connectivity index (χ4n) is 2.24. The quantitative estimate of drug-likeness (QED) is 0.702. The Balaban J connectivity index is 2.22. The van der Waals surface area contributed by atoms with Crippen LogP contribution in [0.5, 0.6) is 0 Å². The Hall–Kier alpha value is -0.830. The number of piperidine rings is 1. The Labute approximate surface area is 79.2 Å². The molecule has 72 valence electrons. The van der Waals surface area contributed by atoms with E-state index in [9.17, 15) is 0 Å². The molecule has 1 aromatic rings. The maximum Gasteiger partial charge on any atom is 0.0948 e. The number of nitrogens with zero attached hydrogens (tertiary/aromatic N) is 2. The number of imidazole rings is 1. The van der Waals surface area contributed by atoms with Gasteiger partial charge in [0, 0.05) is 18.7 Å². The van der Waals surface area contributed by atoms with Crippen molar-refractivity contribution in [2.75, 3.05) is 13.1 Å². The van der Waals surface area contributed by atoms with E-state index < -0.39 is 0 Å². The van der Waals surface area contributed by atoms with Crippen LogP contribution < -0.4 is 5.32 Å². The van der Waals surface area contributed by atoms with E-state index in [0.29, 0.717) is 5.92 Å². The molecular weight excluding hydrogens is 162 g/mol. The summed E-state index contributed by atoms with van der Waals surface area (Å²) in [5.41, 5.74) is 2.64. The zero-order valence-corrected chi connectivity index (χ0v) is 8.38. The van der Waals surface area contributed by atoms with Gasteiger partial charge in [-0.1, -0.05) is 0 Å². The maximum atomic E-state index is 4.33. The second-order valence-electron chi connectivity index (χ2n) is 3.85. The summed E-state index contributed by atoms with van der Waals surface area (Å²) in [6.07, 6.45) is 4.42. The van der Waals surface area contributed by atoms with Crippen molar-refractivity contribution in [2.24, 2.45) is 7.05 Å². The minimum atomic E-state index is 0.716. The number of aryl methyl sites for hydroxylation is 2. The average molecular weight is 179 g/mol. The van der Waals surface area contributed by atoms with E-state index in [1.807, 2.05) is 6.33 Å². The fourth-order valence-corrected chi connectivity index (χ4v) is 2.24. The Morgan fingerprint density at radius 3 is 2.69 bits per heavy atom. The molecule has 3 nitrogen and oxygen atoms in total. The van der Waals surface area contributed by atoms with E-state index in [1.54, 1.807) is 0 Å². The normalized spacial score (nSPS) is 19.2. The van der Waals surface area contributed by atoms with E-state index in [-0.39, 0.29) is 0 Å². The molecule has 1 fully saturated rings. The summed E-state index contributed by atoms with van der Waals surface area (Å²) in [4.78, 5) is 4.33. The molecule has 2 heterocycles. The Morgan fingerprint density at radius 2 is 2.15 bits per heavy atom. The predicted octanol–water partition coefficient (Wildman–Crippen LogP) is 1.20. The molecular formula is C10H17N3. The van der Waals surface area contributed by atoms with Crippen molar-refractivity contribution >= 4 is 0 Å². The lowest BCUT2D eigenvalue weighted by molar-refractivity contribution is 0.444. The third-order valence-electron chi connectivity index (χ3n) is 2.90. The first-order valence-electron chi connectivity index (χ1n) is 4.97. The molecule has 1 aromatic heterocycles. The van der Waals surface area contributed by atoms with Gasteiger partial charge >= 0.3 is 0 Å². The van der Waals surface area contributed by atoms with Gasteiger partial charge in [0.15, 0.2) is 0 Å². The highest BCUT2D eigenvalue weighted by Gasteiger charge is 2.19. The summed E-state index contributed by atoms with van der Waals surface area (Å²) in [6.45, 7) is 4.40. The van der Waals surface area contributed by atoms with Crippen molar-refractivity contribution in [2.45, 2.75) is 25.7 Å². The molecule has 13 heavy (non-hydrogen) atoms. The lowest BCUT2D eigenvalue weighted by Gasteiger charge is -2.23. The first kappa shape index (κ1) is 8.75. The van der Waals surface area contributed by atoms with Crippen molar-refractivity contribution in [3.8, 4) is 0 Å². The van der Waals surface area contributed by atoms with E-state index >= 15 is 0 Å². The number of hydrogen-bond acceptors (Lipinski definition) is 2. The van der Waals surface area contributed by atoms with Crippen LogP contribution in [-0.4, -0.2) is 22.6 Å². The summed E-state index contributed by atoms with van der Waals surface area (Å²) in [5, 5.41) is 3.39. The van der Waals surface area contributed by atoms with Gasteiger partial charge in [-0.3, -0.25) is 0 Å². The Bertz CT molecular complexity index is 265. The van der Waals surface area contributed by atoms with Gasteiger partial charge in [-0.25, -0.2) is 4.98 Å². The van der Waals surface area contributed by atoms with Gasteiger partial charge in [-0.05, 0) is 32.9 Å². The molecule has 0 radical (unpaired) electrons. The maximum absolute atomic E-state index is 4.33. The number of rotatable bonds is 1. The summed E-state index contributed by atoms with van der Waals surface area (Å²) >= 11 is 0. The topological polar surface area (TPSA) is 29.9 Å². The second-order valence-corrected chi connectivity index (χ2v) is 3.85. The van der Waals surface area contributed by atoms with Crippen molar-refractivity contribution in [3.05, 3.63) is 17.7 Å². The zero-order valence-electron chi connectivity index (χ0n) is 8.38. The van der Waals surface area contributed by atoms with Crippen molar-refractivity contribution < 1.29 is 0 Å². The van der Waals surface area contributed by atoms with Crippen LogP contribution in [0.3, 0.4) is 0 Å². The van der Waals surface area contributed by atoms with Crippen molar-refractivity contribution in [1.29, 1.82) is 0 Å². The zero-order chi connectivity index (χ0) is 9.26. The van der Waals surface area contributed by atoms with Crippen LogP contribution in [0.25, 0.3) is 0 Å². The summed E-state index contributed by atoms with van der Waals surface area (Å²) < 4.78 is 2.17. The second kappa shape index (κ2) is 3.50. The van der Waals surface area contributed by atoms with Crippen LogP contribution in [0.15, 0.2) is 6.33 Å². The van der Waals surface area contributed by atoms with E-state index in [0.717, 1.165) is 13.1 Å². The smallest absolute Gasteiger partial charge is 0.0948 e. The SMILES string of the molecule is Cc1ncn(C)c1C1CCNCC1. The monoisotopic (exact) mass is 179 g/mol. The third kappa shape index (κ3) is 1.61. The molecule has 1 saturated heterocycles. The van der Waals surface area contributed by atoms with E-state index in [4.69, 9.17) is 0 Å². The fraction of sp³-hybridized carbons (Fsp3) is 0.700. The van der Waals surface area contributed by atoms with Crippen LogP contribution >= 0.6 is 0 Å². The molecule has 1 aliphatic rings. The van der Waals surface area contributed by atoms with E-state index in [1.165, 1.54) is 24.2 Å². The van der Waals surface area contributed by atoms with Crippen LogP contribution in [0.4, 0.5) is 0 Å². The number of aromatic nitrogens is 2. The van der Waals surface area contributed by atoms with Crippen LogP contribution in [0.1, 0.15) is 30.1 Å². The molecule has 0 spiro atoms. The standard InChI is InChI=1S/C10H17N3/c1-8-10(13(2)7-12-8)9-3-5-11-6-4-9/h7,9,11H,3-6H2,1-2H3. The highest BCUT2D eigenvalue weighted by Crippen LogP contribution is 2.26. The van der Waals surface area contributed by atoms with Gasteiger partial charge < -0.3 is 9.88 Å². The van der Waals surface area contributed by atoms with Crippen LogP contribution in [0.2, 0.25) is 0 Å². The molecule has 1 N–H and O–H groups in total. The minimum absolute atomic E-state index is 0.716. The van der Waals surface area contributed by atoms with Gasteiger partial charge in [0.1, 0.15) is 0 Å². The van der Waals surface area contributed by atoms with Gasteiger partial charge in [0.2, 0.25) is 0 Å². The third-order valence-corrected chi connectivity index (χ3v) is 2.90. The first-order valence-corrected chi connectivity index (χ1v) is 4.97. The van der Waals surface area contributed by atoms with Gasteiger partial charge in [0.05, 0.1) is 12.0 Å². The molecule has 0 aromatic carbocycles. The molecule has 0 amide bonds. The van der Waals surface area contributed by atoms with Crippen molar-refractivity contribution in [3.63, 3.8) is 0 Å². The summed E-state index contributed by atoms with van der Waals surface area (Å²) in [7, 11) is 2.09. The molecule has 0 aliphatic carbocycles. The highest BCUT2D eigenvalue weighted by atomic mass is 15.0. The van der Waals surface area contributed by atoms with Crippen LogP contribution in [-0.2, 0) is 7.05 Å². The Kier molecular flexibility index (Phi) is 2.36. The number of hydrogen-bond donors (Lipinski definition) is 1. The molecule has 1 aliphatic heterocycles. The summed E-state index contributed by atoms with van der Waals surface area (Å²) in [5.74, 6) is 0.716. The molecule has 0 bridgehead atoms. The van der Waals surface area contributed by atoms with Gasteiger partial charge in [-0.2, -0.15) is 0 Å². The minimum Gasteiger partial charge on any atom is -0.337 e. The lowest BCUT2D eigenvalue weighted by atomic mass is 9.93. The average Bonchev–Trinajstić information content (AvgIpc) is 2.48. The lowest BCUT2D eigenvalue weighted by Crippen LogP contribution is -2.27. The van der Waals surface area contributed by atoms with Gasteiger partial charge in [0.25, 0.3) is 0 Å². The first-order chi connectivity index (χ1) is 6.29. The van der Waals surface area contributed by atoms with Crippen LogP contribution in [0, 0.1) is 6.92 Å². The molecule has 0 saturated carbocycles. The predicted molar refractivity (Wildman–Crippen MR) is 52.8 cm³/mol. The van der Waals surface area contributed by atoms with Crippen molar-refractivity contribution in [1.82, 2.24) is 14.9 Å². The molecule has 2 rings (SSSR count). The molecule has 0 atom stereocenters. The number of nitrogens with one attached hydrogen (secondary N) is 1. The highest BCUT2D eigenvalue weighted by molar-refractivity contribution is 5.17. The largest absolute Gasteiger partial charge is 0.337 e.